The SMILES string of the molecule is C=CCCC(=O)O.C[Si](C)(C)N=[N+]=[N-].O=C1OC(O)c2ccccc21.[N-]=[N+]=NCCCCC(=O)O. The Balaban J connectivity index is 0. The Hall–Kier alpha value is -3.83. The van der Waals surface area contributed by atoms with Crippen LogP contribution in [-0.2, 0) is 14.3 Å². The number of aliphatic hydroxyl groups excluding tert-OH is 1. The van der Waals surface area contributed by atoms with Crippen LogP contribution in [0.25, 0.3) is 20.9 Å². The number of esters is 1. The number of fused-ring (bicyclic) bond motifs is 1. The normalized spacial score (nSPS) is 12.7. The van der Waals surface area contributed by atoms with Gasteiger partial charge in [0.25, 0.3) is 0 Å². The molecule has 0 fully saturated rings. The third kappa shape index (κ3) is 20.5. The topological polar surface area (TPSA) is 219 Å². The van der Waals surface area contributed by atoms with Crippen molar-refractivity contribution in [3.63, 3.8) is 0 Å². The van der Waals surface area contributed by atoms with Crippen LogP contribution in [0.15, 0.2) is 46.8 Å². The molecule has 1 heterocycles. The summed E-state index contributed by atoms with van der Waals surface area (Å²) < 4.78 is 8.12. The monoisotopic (exact) mass is 508 g/mol. The fourth-order valence-electron chi connectivity index (χ4n) is 1.99. The van der Waals surface area contributed by atoms with Crippen LogP contribution in [0.5, 0.6) is 0 Å². The van der Waals surface area contributed by atoms with Crippen molar-refractivity contribution in [2.24, 2.45) is 9.89 Å². The smallest absolute Gasteiger partial charge is 0.341 e. The van der Waals surface area contributed by atoms with Crippen LogP contribution in [0, 0.1) is 0 Å². The lowest BCUT2D eigenvalue weighted by molar-refractivity contribution is -0.138. The highest BCUT2D eigenvalue weighted by Crippen LogP contribution is 2.27. The lowest BCUT2D eigenvalue weighted by atomic mass is 10.1. The van der Waals surface area contributed by atoms with Crippen LogP contribution in [0.1, 0.15) is 54.3 Å². The number of hydrogen-bond donors (Lipinski definition) is 3. The number of cyclic esters (lactones) is 1. The molecule has 0 spiro atoms. The van der Waals surface area contributed by atoms with Crippen molar-refractivity contribution in [2.75, 3.05) is 6.54 Å². The summed E-state index contributed by atoms with van der Waals surface area (Å²) in [5, 5.41) is 28.5. The van der Waals surface area contributed by atoms with Crippen LogP contribution in [0.2, 0.25) is 19.6 Å². The Morgan fingerprint density at radius 3 is 2.11 bits per heavy atom. The minimum absolute atomic E-state index is 0.154. The van der Waals surface area contributed by atoms with Crippen molar-refractivity contribution in [3.8, 4) is 0 Å². The standard InChI is InChI=1S/C8H6O3.C5H9N3O2.C5H8O2.C3H9N3Si/c9-7-5-3-1-2-4-6(5)8(10)11-7;6-8-7-4-2-1-3-5(9)10;1-2-3-4-5(6)7;1-7(2,3)6-5-4/h1-4,7,9H;1-4H2,(H,9,10);2H,1,3-4H2,(H,6,7);1-3H3. The van der Waals surface area contributed by atoms with Crippen LogP contribution >= 0.6 is 0 Å². The second kappa shape index (κ2) is 19.6. The molecule has 1 aromatic carbocycles. The highest BCUT2D eigenvalue weighted by atomic mass is 28.3. The van der Waals surface area contributed by atoms with E-state index in [0.29, 0.717) is 36.9 Å². The van der Waals surface area contributed by atoms with E-state index in [0.717, 1.165) is 0 Å². The van der Waals surface area contributed by atoms with Crippen LogP contribution in [0.3, 0.4) is 0 Å². The molecule has 3 N–H and O–H groups in total. The maximum atomic E-state index is 10.9. The summed E-state index contributed by atoms with van der Waals surface area (Å²) in [6, 6.07) is 6.79. The molecule has 35 heavy (non-hydrogen) atoms. The maximum absolute atomic E-state index is 10.9. The molecule has 1 aromatic rings. The van der Waals surface area contributed by atoms with Gasteiger partial charge >= 0.3 is 17.9 Å². The minimum Gasteiger partial charge on any atom is -0.481 e. The molecule has 1 aliphatic rings. The van der Waals surface area contributed by atoms with E-state index in [9.17, 15) is 14.4 Å². The summed E-state index contributed by atoms with van der Waals surface area (Å²) in [4.78, 5) is 35.8. The number of hydrogen-bond acceptors (Lipinski definition) is 7. The van der Waals surface area contributed by atoms with Crippen molar-refractivity contribution in [2.45, 2.75) is 58.0 Å². The molecule has 0 saturated heterocycles. The number of benzene rings is 1. The second-order valence-electron chi connectivity index (χ2n) is 7.73. The van der Waals surface area contributed by atoms with Gasteiger partial charge in [-0.1, -0.05) is 49.0 Å². The van der Waals surface area contributed by atoms with E-state index in [1.807, 2.05) is 19.6 Å². The molecule has 192 valence electrons. The molecule has 1 aliphatic heterocycles. The number of carbonyl (C=O) groups excluding carboxylic acids is 1. The minimum atomic E-state index is -1.45. The van der Waals surface area contributed by atoms with E-state index in [4.69, 9.17) is 26.4 Å². The highest BCUT2D eigenvalue weighted by Gasteiger charge is 2.28. The number of azide groups is 2. The number of unbranched alkanes of at least 4 members (excludes halogenated alkanes) is 1. The van der Waals surface area contributed by atoms with E-state index in [2.05, 4.69) is 31.0 Å². The molecule has 2 rings (SSSR count). The molecule has 0 saturated carbocycles. The number of carbonyl (C=O) groups is 3. The Morgan fingerprint density at radius 1 is 1.11 bits per heavy atom. The molecule has 14 heteroatoms. The van der Waals surface area contributed by atoms with Crippen LogP contribution in [0.4, 0.5) is 0 Å². The maximum Gasteiger partial charge on any atom is 0.341 e. The Labute approximate surface area is 204 Å². The highest BCUT2D eigenvalue weighted by molar-refractivity contribution is 6.74. The van der Waals surface area contributed by atoms with Gasteiger partial charge < -0.3 is 20.1 Å². The number of carboxylic acids is 2. The largest absolute Gasteiger partial charge is 0.481 e. The molecule has 0 radical (unpaired) electrons. The molecule has 0 aliphatic carbocycles. The summed E-state index contributed by atoms with van der Waals surface area (Å²) in [5.74, 6) is -2.02. The first-order valence-corrected chi connectivity index (χ1v) is 13.9. The van der Waals surface area contributed by atoms with E-state index in [-0.39, 0.29) is 12.8 Å². The molecule has 0 bridgehead atoms. The lowest BCUT2D eigenvalue weighted by Crippen LogP contribution is -2.13. The summed E-state index contributed by atoms with van der Waals surface area (Å²) in [7, 11) is -1.45. The van der Waals surface area contributed by atoms with E-state index >= 15 is 0 Å². The summed E-state index contributed by atoms with van der Waals surface area (Å²) in [5.41, 5.74) is 16.7. The van der Waals surface area contributed by atoms with Gasteiger partial charge in [-0.05, 0) is 41.3 Å². The fraction of sp³-hybridized carbons (Fsp3) is 0.476. The number of allylic oxidation sites excluding steroid dienone is 1. The second-order valence-corrected chi connectivity index (χ2v) is 12.3. The van der Waals surface area contributed by atoms with Gasteiger partial charge in [0.05, 0.1) is 5.56 Å². The van der Waals surface area contributed by atoms with E-state index in [1.54, 1.807) is 30.3 Å². The predicted molar refractivity (Wildman–Crippen MR) is 132 cm³/mol. The molecule has 1 unspecified atom stereocenters. The lowest BCUT2D eigenvalue weighted by Gasteiger charge is -2.01. The first-order chi connectivity index (χ1) is 16.4. The van der Waals surface area contributed by atoms with Crippen molar-refractivity contribution in [1.82, 2.24) is 0 Å². The molecule has 13 nitrogen and oxygen atoms in total. The van der Waals surface area contributed by atoms with Crippen molar-refractivity contribution >= 4 is 26.1 Å². The number of carboxylic acid groups (broad SMARTS) is 2. The first kappa shape index (κ1) is 33.3. The van der Waals surface area contributed by atoms with Crippen LogP contribution in [-0.4, -0.2) is 48.0 Å². The molecular weight excluding hydrogens is 476 g/mol. The predicted octanol–water partition coefficient (Wildman–Crippen LogP) is 5.57. The number of nitrogens with zero attached hydrogens (tertiary/aromatic N) is 6. The van der Waals surface area contributed by atoms with Crippen molar-refractivity contribution in [3.05, 3.63) is 68.9 Å². The fourth-order valence-corrected chi connectivity index (χ4v) is 2.26. The molecule has 1 atom stereocenters. The zero-order valence-electron chi connectivity index (χ0n) is 20.1. The Kier molecular flexibility index (Phi) is 18.7. The van der Waals surface area contributed by atoms with Gasteiger partial charge in [-0.2, -0.15) is 0 Å². The van der Waals surface area contributed by atoms with Crippen molar-refractivity contribution in [1.29, 1.82) is 0 Å². The number of rotatable bonds is 9. The third-order valence-corrected chi connectivity index (χ3v) is 4.22. The number of aliphatic carboxylic acids is 2. The van der Waals surface area contributed by atoms with Crippen LogP contribution < -0.4 is 0 Å². The van der Waals surface area contributed by atoms with Gasteiger partial charge in [0.1, 0.15) is 8.24 Å². The molecule has 0 amide bonds. The van der Waals surface area contributed by atoms with Gasteiger partial charge in [-0.15, -0.1) is 11.4 Å². The van der Waals surface area contributed by atoms with E-state index < -0.39 is 32.4 Å². The number of ether oxygens (including phenoxy) is 1. The van der Waals surface area contributed by atoms with Crippen molar-refractivity contribution < 1.29 is 34.4 Å². The third-order valence-electron chi connectivity index (χ3n) is 3.53. The summed E-state index contributed by atoms with van der Waals surface area (Å²) in [6.07, 6.45) is 2.66. The quantitative estimate of drug-likeness (QED) is 0.0731. The van der Waals surface area contributed by atoms with Gasteiger partial charge in [0.15, 0.2) is 0 Å². The van der Waals surface area contributed by atoms with E-state index in [1.165, 1.54) is 0 Å². The van der Waals surface area contributed by atoms with Gasteiger partial charge in [-0.3, -0.25) is 9.59 Å². The molecule has 0 aromatic heterocycles. The Bertz CT molecular complexity index is 919. The number of aliphatic hydroxyl groups is 1. The Morgan fingerprint density at radius 2 is 1.71 bits per heavy atom. The van der Waals surface area contributed by atoms with Gasteiger partial charge in [0.2, 0.25) is 6.29 Å². The van der Waals surface area contributed by atoms with Gasteiger partial charge in [-0.25, -0.2) is 4.79 Å². The summed E-state index contributed by atoms with van der Waals surface area (Å²) >= 11 is 0. The summed E-state index contributed by atoms with van der Waals surface area (Å²) in [6.45, 7) is 9.74. The first-order valence-electron chi connectivity index (χ1n) is 10.5. The zero-order valence-corrected chi connectivity index (χ0v) is 21.1. The zero-order chi connectivity index (χ0) is 27.3. The van der Waals surface area contributed by atoms with Gasteiger partial charge in [0, 0.05) is 29.9 Å². The average Bonchev–Trinajstić information content (AvgIpc) is 3.06. The average molecular weight is 509 g/mol. The molecular formula is C21H32N6O7Si.